The summed E-state index contributed by atoms with van der Waals surface area (Å²) in [5, 5.41) is 0.893. The number of aryl methyl sites for hydroxylation is 1. The van der Waals surface area contributed by atoms with Gasteiger partial charge in [-0.05, 0) is 37.3 Å². The minimum absolute atomic E-state index is 0.0167. The number of aromatic nitrogens is 1. The molecule has 25 heavy (non-hydrogen) atoms. The fraction of sp³-hybridized carbons (Fsp3) is 0.0476. The number of ketones is 1. The summed E-state index contributed by atoms with van der Waals surface area (Å²) in [6.07, 6.45) is 0. The molecule has 4 heteroatoms. The highest BCUT2D eigenvalue weighted by atomic mass is 32.1. The van der Waals surface area contributed by atoms with E-state index in [9.17, 15) is 9.59 Å². The first-order valence-corrected chi connectivity index (χ1v) is 8.77. The van der Waals surface area contributed by atoms with Crippen molar-refractivity contribution in [2.75, 3.05) is 0 Å². The molecule has 0 amide bonds. The molecular weight excluding hydrogens is 330 g/mol. The van der Waals surface area contributed by atoms with Crippen LogP contribution in [0.2, 0.25) is 0 Å². The molecule has 0 spiro atoms. The van der Waals surface area contributed by atoms with E-state index in [0.717, 1.165) is 21.5 Å². The maximum Gasteiger partial charge on any atom is 0.256 e. The largest absolute Gasteiger partial charge is 0.288 e. The van der Waals surface area contributed by atoms with Gasteiger partial charge in [0, 0.05) is 17.0 Å². The summed E-state index contributed by atoms with van der Waals surface area (Å²) in [6.45, 7) is 1.97. The summed E-state index contributed by atoms with van der Waals surface area (Å²) in [5.41, 5.74) is 2.41. The number of benzene rings is 2. The van der Waals surface area contributed by atoms with Crippen LogP contribution in [0.1, 0.15) is 20.8 Å². The monoisotopic (exact) mass is 345 g/mol. The van der Waals surface area contributed by atoms with Crippen molar-refractivity contribution in [3.05, 3.63) is 99.2 Å². The van der Waals surface area contributed by atoms with Crippen LogP contribution in [0, 0.1) is 6.92 Å². The predicted octanol–water partition coefficient (Wildman–Crippen LogP) is 4.59. The Balaban J connectivity index is 1.89. The number of hydrogen-bond acceptors (Lipinski definition) is 3. The first-order chi connectivity index (χ1) is 12.1. The second kappa shape index (κ2) is 6.15. The number of fused-ring (bicyclic) bond motifs is 1. The summed E-state index contributed by atoms with van der Waals surface area (Å²) in [5.74, 6) is -0.0167. The van der Waals surface area contributed by atoms with E-state index in [0.29, 0.717) is 10.4 Å². The number of rotatable bonds is 3. The lowest BCUT2D eigenvalue weighted by atomic mass is 10.1. The van der Waals surface area contributed by atoms with Gasteiger partial charge in [-0.2, -0.15) is 0 Å². The number of hydrogen-bond donors (Lipinski definition) is 0. The Hall–Kier alpha value is -2.98. The normalized spacial score (nSPS) is 10.9. The minimum Gasteiger partial charge on any atom is -0.288 e. The third-order valence-electron chi connectivity index (χ3n) is 4.09. The van der Waals surface area contributed by atoms with Crippen molar-refractivity contribution in [1.29, 1.82) is 0 Å². The van der Waals surface area contributed by atoms with Gasteiger partial charge in [-0.15, -0.1) is 11.3 Å². The fourth-order valence-electron chi connectivity index (χ4n) is 2.89. The van der Waals surface area contributed by atoms with E-state index >= 15 is 0 Å². The standard InChI is InChI=1S/C21H15NO2S/c1-14-6-5-7-15(12-14)20(24)18-13-16-10-11-19(23)22(21(16)25-18)17-8-3-2-4-9-17/h2-13H,1H3. The summed E-state index contributed by atoms with van der Waals surface area (Å²) in [7, 11) is 0. The molecule has 0 bridgehead atoms. The number of para-hydroxylation sites is 1. The Bertz CT molecular complexity index is 1140. The summed E-state index contributed by atoms with van der Waals surface area (Å²) in [6, 6.07) is 22.2. The number of nitrogens with zero attached hydrogens (tertiary/aromatic N) is 1. The highest BCUT2D eigenvalue weighted by molar-refractivity contribution is 7.20. The molecule has 2 aromatic carbocycles. The van der Waals surface area contributed by atoms with E-state index in [1.54, 1.807) is 16.7 Å². The second-order valence-electron chi connectivity index (χ2n) is 5.91. The lowest BCUT2D eigenvalue weighted by molar-refractivity contribution is 0.104. The Morgan fingerprint density at radius 2 is 1.72 bits per heavy atom. The van der Waals surface area contributed by atoms with Crippen molar-refractivity contribution < 1.29 is 4.79 Å². The molecule has 122 valence electrons. The average molecular weight is 345 g/mol. The van der Waals surface area contributed by atoms with E-state index in [2.05, 4.69) is 0 Å². The minimum atomic E-state index is -0.102. The summed E-state index contributed by atoms with van der Waals surface area (Å²) < 4.78 is 1.66. The van der Waals surface area contributed by atoms with Crippen LogP contribution in [0.5, 0.6) is 0 Å². The quantitative estimate of drug-likeness (QED) is 0.509. The lowest BCUT2D eigenvalue weighted by Crippen LogP contribution is -2.16. The summed E-state index contributed by atoms with van der Waals surface area (Å²) in [4.78, 5) is 26.7. The van der Waals surface area contributed by atoms with Gasteiger partial charge in [0.1, 0.15) is 4.83 Å². The van der Waals surface area contributed by atoms with Gasteiger partial charge < -0.3 is 0 Å². The molecular formula is C21H15NO2S. The van der Waals surface area contributed by atoms with Crippen molar-refractivity contribution in [1.82, 2.24) is 4.57 Å². The molecule has 4 aromatic rings. The fourth-order valence-corrected chi connectivity index (χ4v) is 4.02. The van der Waals surface area contributed by atoms with Crippen LogP contribution < -0.4 is 5.56 Å². The van der Waals surface area contributed by atoms with E-state index in [4.69, 9.17) is 0 Å². The number of pyridine rings is 1. The van der Waals surface area contributed by atoms with E-state index in [1.165, 1.54) is 11.3 Å². The van der Waals surface area contributed by atoms with Crippen LogP contribution in [-0.4, -0.2) is 10.4 Å². The number of carbonyl (C=O) groups excluding carboxylic acids is 1. The first-order valence-electron chi connectivity index (χ1n) is 7.96. The zero-order valence-electron chi connectivity index (χ0n) is 13.6. The van der Waals surface area contributed by atoms with E-state index < -0.39 is 0 Å². The SMILES string of the molecule is Cc1cccc(C(=O)c2cc3ccc(=O)n(-c4ccccc4)c3s2)c1. The number of thiophene rings is 1. The van der Waals surface area contributed by atoms with Crippen molar-refractivity contribution in [2.45, 2.75) is 6.92 Å². The van der Waals surface area contributed by atoms with Crippen LogP contribution in [-0.2, 0) is 0 Å². The topological polar surface area (TPSA) is 39.1 Å². The molecule has 0 N–H and O–H groups in total. The molecule has 4 rings (SSSR count). The molecule has 2 heterocycles. The smallest absolute Gasteiger partial charge is 0.256 e. The highest BCUT2D eigenvalue weighted by Gasteiger charge is 2.15. The van der Waals surface area contributed by atoms with Gasteiger partial charge in [0.15, 0.2) is 0 Å². The van der Waals surface area contributed by atoms with E-state index in [1.807, 2.05) is 67.6 Å². The Kier molecular flexibility index (Phi) is 3.82. The molecule has 3 nitrogen and oxygen atoms in total. The zero-order valence-corrected chi connectivity index (χ0v) is 14.4. The van der Waals surface area contributed by atoms with E-state index in [-0.39, 0.29) is 11.3 Å². The third-order valence-corrected chi connectivity index (χ3v) is 5.22. The van der Waals surface area contributed by atoms with Crippen LogP contribution in [0.15, 0.2) is 77.6 Å². The maximum atomic E-state index is 12.8. The molecule has 0 radical (unpaired) electrons. The van der Waals surface area contributed by atoms with Gasteiger partial charge >= 0.3 is 0 Å². The highest BCUT2D eigenvalue weighted by Crippen LogP contribution is 2.28. The molecule has 0 unspecified atom stereocenters. The van der Waals surface area contributed by atoms with Crippen LogP contribution in [0.3, 0.4) is 0 Å². The van der Waals surface area contributed by atoms with Crippen LogP contribution >= 0.6 is 11.3 Å². The molecule has 0 aliphatic rings. The molecule has 2 aromatic heterocycles. The third kappa shape index (κ3) is 2.81. The Morgan fingerprint density at radius 3 is 2.48 bits per heavy atom. The van der Waals surface area contributed by atoms with Crippen molar-refractivity contribution in [3.8, 4) is 5.69 Å². The van der Waals surface area contributed by atoms with Gasteiger partial charge in [-0.3, -0.25) is 14.2 Å². The molecule has 0 fully saturated rings. The number of carbonyl (C=O) groups is 1. The Labute approximate surface area is 148 Å². The van der Waals surface area contributed by atoms with Gasteiger partial charge in [-0.25, -0.2) is 0 Å². The second-order valence-corrected chi connectivity index (χ2v) is 6.94. The zero-order chi connectivity index (χ0) is 17.4. The molecule has 0 saturated heterocycles. The predicted molar refractivity (Wildman–Crippen MR) is 102 cm³/mol. The van der Waals surface area contributed by atoms with Crippen molar-refractivity contribution in [3.63, 3.8) is 0 Å². The van der Waals surface area contributed by atoms with Crippen LogP contribution in [0.25, 0.3) is 15.9 Å². The van der Waals surface area contributed by atoms with Gasteiger partial charge in [0.05, 0.1) is 10.6 Å². The summed E-state index contributed by atoms with van der Waals surface area (Å²) >= 11 is 1.36. The Morgan fingerprint density at radius 1 is 0.920 bits per heavy atom. The molecule has 0 aliphatic carbocycles. The van der Waals surface area contributed by atoms with Crippen molar-refractivity contribution in [2.24, 2.45) is 0 Å². The van der Waals surface area contributed by atoms with Gasteiger partial charge in [-0.1, -0.05) is 42.0 Å². The first kappa shape index (κ1) is 15.5. The van der Waals surface area contributed by atoms with Crippen LogP contribution in [0.4, 0.5) is 0 Å². The van der Waals surface area contributed by atoms with Gasteiger partial charge in [0.25, 0.3) is 5.56 Å². The average Bonchev–Trinajstić information content (AvgIpc) is 3.06. The molecule has 0 saturated carbocycles. The lowest BCUT2D eigenvalue weighted by Gasteiger charge is -2.06. The molecule has 0 aliphatic heterocycles. The van der Waals surface area contributed by atoms with Gasteiger partial charge in [0.2, 0.25) is 5.78 Å². The van der Waals surface area contributed by atoms with Crippen molar-refractivity contribution >= 4 is 27.3 Å². The molecule has 0 atom stereocenters. The maximum absolute atomic E-state index is 12.8.